The van der Waals surface area contributed by atoms with E-state index in [1.165, 1.54) is 5.56 Å². The molecule has 0 spiro atoms. The number of ether oxygens (including phenoxy) is 1. The first-order valence-electron chi connectivity index (χ1n) is 9.57. The molecule has 1 unspecified atom stereocenters. The average molecular weight is 462 g/mol. The van der Waals surface area contributed by atoms with Crippen molar-refractivity contribution in [1.29, 1.82) is 0 Å². The van der Waals surface area contributed by atoms with Gasteiger partial charge in [0.1, 0.15) is 18.5 Å². The number of benzene rings is 2. The van der Waals surface area contributed by atoms with Gasteiger partial charge in [0, 0.05) is 44.3 Å². The quantitative estimate of drug-likeness (QED) is 0.665. The summed E-state index contributed by atoms with van der Waals surface area (Å²) >= 11 is 6.19. The summed E-state index contributed by atoms with van der Waals surface area (Å²) in [6.45, 7) is 9.87. The molecule has 29 heavy (non-hydrogen) atoms. The first kappa shape index (κ1) is 26.0. The van der Waals surface area contributed by atoms with Gasteiger partial charge in [-0.1, -0.05) is 41.9 Å². The summed E-state index contributed by atoms with van der Waals surface area (Å²) in [5.74, 6) is 0.765. The Kier molecular flexibility index (Phi) is 11.3. The molecule has 1 aliphatic rings. The monoisotopic (exact) mass is 460 g/mol. The number of hydrogen-bond donors (Lipinski definition) is 1. The van der Waals surface area contributed by atoms with E-state index in [4.69, 9.17) is 16.3 Å². The van der Waals surface area contributed by atoms with Crippen molar-refractivity contribution in [1.82, 2.24) is 9.80 Å². The van der Waals surface area contributed by atoms with E-state index in [2.05, 4.69) is 40.1 Å². The summed E-state index contributed by atoms with van der Waals surface area (Å²) in [6.07, 6.45) is -0.498. The first-order chi connectivity index (χ1) is 13.0. The molecular weight excluding hydrogens is 431 g/mol. The lowest BCUT2D eigenvalue weighted by atomic mass is 10.1. The van der Waals surface area contributed by atoms with E-state index in [0.29, 0.717) is 13.2 Å². The van der Waals surface area contributed by atoms with E-state index in [1.54, 1.807) is 0 Å². The van der Waals surface area contributed by atoms with Crippen molar-refractivity contribution in [3.05, 3.63) is 64.2 Å². The number of halogens is 3. The molecule has 2 aromatic rings. The number of hydrogen-bond acceptors (Lipinski definition) is 4. The van der Waals surface area contributed by atoms with Crippen molar-refractivity contribution >= 4 is 36.4 Å². The number of piperazine rings is 1. The highest BCUT2D eigenvalue weighted by molar-refractivity contribution is 6.32. The van der Waals surface area contributed by atoms with E-state index >= 15 is 0 Å². The Balaban J connectivity index is 0.00000210. The maximum absolute atomic E-state index is 10.4. The Morgan fingerprint density at radius 2 is 1.52 bits per heavy atom. The molecular formula is C22H31Cl3N2O2. The Morgan fingerprint density at radius 1 is 0.966 bits per heavy atom. The number of aliphatic hydroxyl groups is 1. The van der Waals surface area contributed by atoms with Crippen LogP contribution in [-0.4, -0.2) is 60.3 Å². The largest absolute Gasteiger partial charge is 0.491 e. The van der Waals surface area contributed by atoms with Gasteiger partial charge in [0.05, 0.1) is 0 Å². The van der Waals surface area contributed by atoms with E-state index in [1.807, 2.05) is 26.0 Å². The van der Waals surface area contributed by atoms with Crippen LogP contribution < -0.4 is 4.74 Å². The van der Waals surface area contributed by atoms with Crippen molar-refractivity contribution < 1.29 is 9.84 Å². The minimum absolute atomic E-state index is 0. The van der Waals surface area contributed by atoms with Crippen LogP contribution in [-0.2, 0) is 6.54 Å². The Morgan fingerprint density at radius 3 is 2.10 bits per heavy atom. The topological polar surface area (TPSA) is 35.9 Å². The predicted molar refractivity (Wildman–Crippen MR) is 125 cm³/mol. The van der Waals surface area contributed by atoms with Crippen LogP contribution >= 0.6 is 36.4 Å². The fourth-order valence-electron chi connectivity index (χ4n) is 3.50. The zero-order valence-corrected chi connectivity index (χ0v) is 19.4. The molecule has 0 saturated carbocycles. The molecule has 4 nitrogen and oxygen atoms in total. The third-order valence-electron chi connectivity index (χ3n) is 5.04. The van der Waals surface area contributed by atoms with Crippen LogP contribution in [0.4, 0.5) is 0 Å². The van der Waals surface area contributed by atoms with Crippen LogP contribution in [0, 0.1) is 13.8 Å². The summed E-state index contributed by atoms with van der Waals surface area (Å²) in [5.41, 5.74) is 3.35. The third-order valence-corrected chi connectivity index (χ3v) is 5.63. The van der Waals surface area contributed by atoms with Gasteiger partial charge in [0.25, 0.3) is 0 Å². The number of nitrogens with zero attached hydrogens (tertiary/aromatic N) is 2. The van der Waals surface area contributed by atoms with Crippen molar-refractivity contribution in [2.75, 3.05) is 39.3 Å². The summed E-state index contributed by atoms with van der Waals surface area (Å²) in [7, 11) is 0. The molecule has 0 aromatic heterocycles. The summed E-state index contributed by atoms with van der Waals surface area (Å²) in [5, 5.41) is 11.1. The first-order valence-corrected chi connectivity index (χ1v) is 9.95. The van der Waals surface area contributed by atoms with Gasteiger partial charge in [-0.3, -0.25) is 9.80 Å². The molecule has 0 bridgehead atoms. The van der Waals surface area contributed by atoms with Crippen LogP contribution in [0.2, 0.25) is 5.02 Å². The number of β-amino-alcohol motifs (C(OH)–C–C–N with tert-alkyl or cyclic N) is 1. The smallest absolute Gasteiger partial charge is 0.120 e. The van der Waals surface area contributed by atoms with E-state index in [0.717, 1.165) is 54.6 Å². The van der Waals surface area contributed by atoms with Crippen molar-refractivity contribution in [2.24, 2.45) is 0 Å². The predicted octanol–water partition coefficient (Wildman–Crippen LogP) is 4.36. The average Bonchev–Trinajstić information content (AvgIpc) is 2.67. The summed E-state index contributed by atoms with van der Waals surface area (Å²) < 4.78 is 5.78. The fourth-order valence-corrected chi connectivity index (χ4v) is 3.61. The number of rotatable bonds is 7. The lowest BCUT2D eigenvalue weighted by Crippen LogP contribution is -2.48. The van der Waals surface area contributed by atoms with Crippen molar-refractivity contribution in [3.8, 4) is 5.75 Å². The van der Waals surface area contributed by atoms with Gasteiger partial charge in [0.2, 0.25) is 0 Å². The molecule has 7 heteroatoms. The van der Waals surface area contributed by atoms with Crippen LogP contribution in [0.5, 0.6) is 5.75 Å². The van der Waals surface area contributed by atoms with Crippen LogP contribution in [0.25, 0.3) is 0 Å². The second-order valence-electron chi connectivity index (χ2n) is 7.40. The Hall–Kier alpha value is -1.01. The highest BCUT2D eigenvalue weighted by atomic mass is 35.5. The minimum atomic E-state index is -0.498. The molecule has 0 amide bonds. The van der Waals surface area contributed by atoms with Crippen LogP contribution in [0.15, 0.2) is 42.5 Å². The number of aliphatic hydroxyl groups excluding tert-OH is 1. The zero-order valence-electron chi connectivity index (χ0n) is 17.0. The van der Waals surface area contributed by atoms with Gasteiger partial charge in [-0.2, -0.15) is 0 Å². The van der Waals surface area contributed by atoms with E-state index in [-0.39, 0.29) is 24.8 Å². The fraction of sp³-hybridized carbons (Fsp3) is 0.455. The molecule has 1 heterocycles. The number of aryl methyl sites for hydroxylation is 2. The second-order valence-corrected chi connectivity index (χ2v) is 7.78. The molecule has 3 rings (SSSR count). The lowest BCUT2D eigenvalue weighted by molar-refractivity contribution is 0.0446. The van der Waals surface area contributed by atoms with Crippen LogP contribution in [0.3, 0.4) is 0 Å². The lowest BCUT2D eigenvalue weighted by Gasteiger charge is -2.35. The highest BCUT2D eigenvalue weighted by Crippen LogP contribution is 2.25. The van der Waals surface area contributed by atoms with Gasteiger partial charge in [-0.15, -0.1) is 24.8 Å². The zero-order chi connectivity index (χ0) is 19.2. The van der Waals surface area contributed by atoms with Gasteiger partial charge >= 0.3 is 0 Å². The van der Waals surface area contributed by atoms with Gasteiger partial charge in [-0.25, -0.2) is 0 Å². The summed E-state index contributed by atoms with van der Waals surface area (Å²) in [4.78, 5) is 4.78. The maximum Gasteiger partial charge on any atom is 0.120 e. The summed E-state index contributed by atoms with van der Waals surface area (Å²) in [6, 6.07) is 14.4. The van der Waals surface area contributed by atoms with Gasteiger partial charge < -0.3 is 9.84 Å². The normalized spacial score (nSPS) is 15.9. The molecule has 1 fully saturated rings. The standard InChI is InChI=1S/C22H29ClN2O2.2ClH/c1-17-12-21(13-18(2)22(17)23)27-16-20(26)15-25-10-8-24(9-11-25)14-19-6-4-3-5-7-19;;/h3-7,12-13,20,26H,8-11,14-16H2,1-2H3;2*1H. The van der Waals surface area contributed by atoms with Crippen molar-refractivity contribution in [2.45, 2.75) is 26.5 Å². The maximum atomic E-state index is 10.4. The molecule has 1 atom stereocenters. The Bertz CT molecular complexity index is 715. The molecule has 1 saturated heterocycles. The molecule has 0 radical (unpaired) electrons. The van der Waals surface area contributed by atoms with Crippen LogP contribution in [0.1, 0.15) is 16.7 Å². The molecule has 2 aromatic carbocycles. The third kappa shape index (κ3) is 7.97. The minimum Gasteiger partial charge on any atom is -0.491 e. The van der Waals surface area contributed by atoms with Gasteiger partial charge in [-0.05, 0) is 42.7 Å². The highest BCUT2D eigenvalue weighted by Gasteiger charge is 2.19. The molecule has 1 aliphatic heterocycles. The van der Waals surface area contributed by atoms with E-state index < -0.39 is 6.10 Å². The van der Waals surface area contributed by atoms with E-state index in [9.17, 15) is 5.11 Å². The molecule has 0 aliphatic carbocycles. The Labute approximate surface area is 191 Å². The second kappa shape index (κ2) is 12.6. The van der Waals surface area contributed by atoms with Crippen molar-refractivity contribution in [3.63, 3.8) is 0 Å². The SMILES string of the molecule is Cc1cc(OCC(O)CN2CCN(Cc3ccccc3)CC2)cc(C)c1Cl.Cl.Cl. The van der Waals surface area contributed by atoms with Gasteiger partial charge in [0.15, 0.2) is 0 Å². The molecule has 162 valence electrons. The molecule has 1 N–H and O–H groups in total.